The minimum absolute atomic E-state index is 0.0375. The van der Waals surface area contributed by atoms with Gasteiger partial charge >= 0.3 is 0 Å². The van der Waals surface area contributed by atoms with Crippen LogP contribution in [0.4, 0.5) is 10.1 Å². The first-order chi connectivity index (χ1) is 8.92. The van der Waals surface area contributed by atoms with Crippen molar-refractivity contribution in [1.29, 1.82) is 0 Å². The number of hydrogen-bond acceptors (Lipinski definition) is 4. The summed E-state index contributed by atoms with van der Waals surface area (Å²) < 4.78 is 13.8. The topological polar surface area (TPSA) is 50.9 Å². The highest BCUT2D eigenvalue weighted by Gasteiger charge is 2.25. The van der Waals surface area contributed by atoms with Crippen LogP contribution in [0.25, 0.3) is 0 Å². The smallest absolute Gasteiger partial charge is 0.135 e. The largest absolute Gasteiger partial charge is 0.389 e. The summed E-state index contributed by atoms with van der Waals surface area (Å²) in [6.07, 6.45) is 1.74. The van der Waals surface area contributed by atoms with E-state index in [0.29, 0.717) is 5.69 Å². The summed E-state index contributed by atoms with van der Waals surface area (Å²) in [7, 11) is 0. The second-order valence-electron chi connectivity index (χ2n) is 4.61. The first kappa shape index (κ1) is 13.9. The molecule has 0 fully saturated rings. The van der Waals surface area contributed by atoms with E-state index in [9.17, 15) is 4.39 Å². The van der Waals surface area contributed by atoms with Crippen LogP contribution < -0.4 is 11.1 Å². The molecule has 0 aliphatic carbocycles. The van der Waals surface area contributed by atoms with Gasteiger partial charge in [0.05, 0.1) is 11.1 Å². The number of anilines is 1. The zero-order chi connectivity index (χ0) is 14.0. The highest BCUT2D eigenvalue weighted by molar-refractivity contribution is 7.80. The zero-order valence-electron chi connectivity index (χ0n) is 10.6. The Kier molecular flexibility index (Phi) is 3.82. The van der Waals surface area contributed by atoms with E-state index in [1.807, 2.05) is 19.2 Å². The number of thiocarbonyl (C=S) groups is 1. The first-order valence-electron chi connectivity index (χ1n) is 5.68. The number of thiazole rings is 1. The Balaban J connectivity index is 2.39. The molecule has 0 saturated carbocycles. The molecule has 0 aliphatic rings. The molecule has 0 radical (unpaired) electrons. The van der Waals surface area contributed by atoms with Crippen LogP contribution in [0.1, 0.15) is 24.4 Å². The van der Waals surface area contributed by atoms with Crippen LogP contribution in [-0.2, 0) is 5.54 Å². The summed E-state index contributed by atoms with van der Waals surface area (Å²) >= 11 is 6.45. The van der Waals surface area contributed by atoms with Gasteiger partial charge in [0.25, 0.3) is 0 Å². The van der Waals surface area contributed by atoms with Gasteiger partial charge in [-0.3, -0.25) is 0 Å². The quantitative estimate of drug-likeness (QED) is 0.850. The number of hydrogen-bond donors (Lipinski definition) is 2. The van der Waals surface area contributed by atoms with Gasteiger partial charge in [-0.1, -0.05) is 18.3 Å². The Bertz CT molecular complexity index is 594. The van der Waals surface area contributed by atoms with Gasteiger partial charge in [-0.2, -0.15) is 0 Å². The molecule has 3 N–H and O–H groups in total. The Morgan fingerprint density at radius 3 is 2.79 bits per heavy atom. The third-order valence-electron chi connectivity index (χ3n) is 2.67. The second kappa shape index (κ2) is 5.22. The molecule has 2 aromatic rings. The van der Waals surface area contributed by atoms with Crippen molar-refractivity contribution >= 4 is 34.2 Å². The molecule has 1 heterocycles. The monoisotopic (exact) mass is 295 g/mol. The number of nitrogens with zero attached hydrogens (tertiary/aromatic N) is 1. The number of benzene rings is 1. The predicted molar refractivity (Wildman–Crippen MR) is 81.1 cm³/mol. The van der Waals surface area contributed by atoms with Gasteiger partial charge in [0.2, 0.25) is 0 Å². The van der Waals surface area contributed by atoms with E-state index in [4.69, 9.17) is 18.0 Å². The molecule has 0 spiro atoms. The fourth-order valence-electron chi connectivity index (χ4n) is 1.80. The van der Waals surface area contributed by atoms with E-state index >= 15 is 0 Å². The fourth-order valence-corrected chi connectivity index (χ4v) is 2.73. The van der Waals surface area contributed by atoms with Crippen molar-refractivity contribution in [2.24, 2.45) is 5.73 Å². The van der Waals surface area contributed by atoms with E-state index in [0.717, 1.165) is 5.01 Å². The molecule has 6 heteroatoms. The van der Waals surface area contributed by atoms with Crippen molar-refractivity contribution in [3.8, 4) is 0 Å². The van der Waals surface area contributed by atoms with Gasteiger partial charge in [0.1, 0.15) is 15.8 Å². The molecule has 1 aromatic heterocycles. The van der Waals surface area contributed by atoms with E-state index in [-0.39, 0.29) is 10.6 Å². The minimum atomic E-state index is -0.429. The molecule has 1 aromatic carbocycles. The zero-order valence-corrected chi connectivity index (χ0v) is 12.2. The highest BCUT2D eigenvalue weighted by Crippen LogP contribution is 2.29. The lowest BCUT2D eigenvalue weighted by molar-refractivity contribution is 0.598. The maximum atomic E-state index is 13.8. The van der Waals surface area contributed by atoms with Crippen LogP contribution in [0.2, 0.25) is 0 Å². The van der Waals surface area contributed by atoms with Crippen LogP contribution >= 0.6 is 23.6 Å². The highest BCUT2D eigenvalue weighted by atomic mass is 32.1. The Morgan fingerprint density at radius 1 is 1.47 bits per heavy atom. The van der Waals surface area contributed by atoms with Crippen molar-refractivity contribution in [2.75, 3.05) is 5.32 Å². The number of rotatable bonds is 4. The van der Waals surface area contributed by atoms with Gasteiger partial charge in [0, 0.05) is 17.3 Å². The van der Waals surface area contributed by atoms with Gasteiger partial charge in [-0.15, -0.1) is 11.3 Å². The van der Waals surface area contributed by atoms with Crippen LogP contribution in [0.3, 0.4) is 0 Å². The fraction of sp³-hybridized carbons (Fsp3) is 0.231. The minimum Gasteiger partial charge on any atom is -0.389 e. The van der Waals surface area contributed by atoms with Gasteiger partial charge in [-0.05, 0) is 26.0 Å². The van der Waals surface area contributed by atoms with Crippen LogP contribution in [0.15, 0.2) is 29.8 Å². The lowest BCUT2D eigenvalue weighted by Gasteiger charge is -2.26. The maximum absolute atomic E-state index is 13.8. The van der Waals surface area contributed by atoms with Crippen molar-refractivity contribution in [2.45, 2.75) is 19.4 Å². The average Bonchev–Trinajstić information content (AvgIpc) is 2.81. The summed E-state index contributed by atoms with van der Waals surface area (Å²) in [6, 6.07) is 4.72. The summed E-state index contributed by atoms with van der Waals surface area (Å²) in [5.74, 6) is -0.424. The third-order valence-corrected chi connectivity index (χ3v) is 3.98. The summed E-state index contributed by atoms with van der Waals surface area (Å²) in [5.41, 5.74) is 5.98. The number of nitrogens with one attached hydrogen (secondary N) is 1. The molecule has 0 bridgehead atoms. The summed E-state index contributed by atoms with van der Waals surface area (Å²) in [5, 5.41) is 6.06. The molecular formula is C13H14FN3S2. The molecule has 0 unspecified atom stereocenters. The molecule has 0 atom stereocenters. The van der Waals surface area contributed by atoms with E-state index in [1.54, 1.807) is 18.3 Å². The maximum Gasteiger partial charge on any atom is 0.135 e. The van der Waals surface area contributed by atoms with Crippen molar-refractivity contribution in [3.63, 3.8) is 0 Å². The number of nitrogens with two attached hydrogens (primary N) is 1. The Morgan fingerprint density at radius 2 is 2.21 bits per heavy atom. The number of aromatic nitrogens is 1. The summed E-state index contributed by atoms with van der Waals surface area (Å²) in [4.78, 5) is 4.32. The molecule has 2 rings (SSSR count). The lowest BCUT2D eigenvalue weighted by Crippen LogP contribution is -2.29. The standard InChI is InChI=1S/C13H14FN3S2/c1-13(2,12-16-6-7-19-12)17-9-5-3-4-8(14)10(9)11(15)18/h3-7,17H,1-2H3,(H2,15,18). The Labute approximate surface area is 120 Å². The average molecular weight is 295 g/mol. The number of halogens is 1. The lowest BCUT2D eigenvalue weighted by atomic mass is 10.0. The van der Waals surface area contributed by atoms with E-state index < -0.39 is 11.4 Å². The molecule has 0 aliphatic heterocycles. The SMILES string of the molecule is CC(C)(Nc1cccc(F)c1C(N)=S)c1nccs1. The van der Waals surface area contributed by atoms with Gasteiger partial charge in [-0.25, -0.2) is 9.37 Å². The molecule has 19 heavy (non-hydrogen) atoms. The van der Waals surface area contributed by atoms with Gasteiger partial charge < -0.3 is 11.1 Å². The van der Waals surface area contributed by atoms with Crippen molar-refractivity contribution in [3.05, 3.63) is 46.2 Å². The summed E-state index contributed by atoms with van der Waals surface area (Å²) in [6.45, 7) is 3.94. The molecule has 100 valence electrons. The molecule has 3 nitrogen and oxygen atoms in total. The van der Waals surface area contributed by atoms with E-state index in [2.05, 4.69) is 10.3 Å². The molecule has 0 amide bonds. The van der Waals surface area contributed by atoms with Crippen LogP contribution in [0.5, 0.6) is 0 Å². The third kappa shape index (κ3) is 2.90. The first-order valence-corrected chi connectivity index (χ1v) is 6.97. The Hall–Kier alpha value is -1.53. The predicted octanol–water partition coefficient (Wildman–Crippen LogP) is 3.26. The van der Waals surface area contributed by atoms with Crippen molar-refractivity contribution < 1.29 is 4.39 Å². The van der Waals surface area contributed by atoms with Crippen molar-refractivity contribution in [1.82, 2.24) is 4.98 Å². The van der Waals surface area contributed by atoms with Crippen LogP contribution in [0, 0.1) is 5.82 Å². The van der Waals surface area contributed by atoms with Gasteiger partial charge in [0.15, 0.2) is 0 Å². The normalized spacial score (nSPS) is 11.3. The molecule has 0 saturated heterocycles. The van der Waals surface area contributed by atoms with Crippen LogP contribution in [-0.4, -0.2) is 9.97 Å². The second-order valence-corrected chi connectivity index (χ2v) is 5.95. The van der Waals surface area contributed by atoms with E-state index in [1.165, 1.54) is 17.4 Å². The molecular weight excluding hydrogens is 281 g/mol.